The lowest BCUT2D eigenvalue weighted by molar-refractivity contribution is -0.117. The second kappa shape index (κ2) is 9.58. The molecule has 0 aliphatic carbocycles. The van der Waals surface area contributed by atoms with Gasteiger partial charge in [0, 0.05) is 25.5 Å². The second-order valence-electron chi connectivity index (χ2n) is 4.19. The van der Waals surface area contributed by atoms with Gasteiger partial charge in [-0.1, -0.05) is 5.18 Å². The Bertz CT molecular complexity index is 315. The maximum atomic E-state index is 10.9. The number of ketones is 1. The predicted molar refractivity (Wildman–Crippen MR) is 74.7 cm³/mol. The van der Waals surface area contributed by atoms with Crippen LogP contribution in [-0.2, 0) is 4.79 Å². The third-order valence-electron chi connectivity index (χ3n) is 2.59. The molecule has 0 radical (unpaired) electrons. The van der Waals surface area contributed by atoms with Crippen molar-refractivity contribution < 1.29 is 4.79 Å². The van der Waals surface area contributed by atoms with E-state index in [1.165, 1.54) is 6.92 Å². The minimum Gasteiger partial charge on any atom is -0.307 e. The first-order valence-electron chi connectivity index (χ1n) is 6.06. The molecule has 0 rings (SSSR count). The summed E-state index contributed by atoms with van der Waals surface area (Å²) in [6.45, 7) is 8.04. The Morgan fingerprint density at radius 3 is 2.17 bits per heavy atom. The summed E-state index contributed by atoms with van der Waals surface area (Å²) in [5.74, 6) is 0.0528. The van der Waals surface area contributed by atoms with Crippen molar-refractivity contribution in [3.05, 3.63) is 4.91 Å². The van der Waals surface area contributed by atoms with Crippen molar-refractivity contribution in [2.24, 2.45) is 15.2 Å². The van der Waals surface area contributed by atoms with Gasteiger partial charge in [0.1, 0.15) is 12.1 Å². The quantitative estimate of drug-likeness (QED) is 0.381. The molecule has 0 aliphatic rings. The summed E-state index contributed by atoms with van der Waals surface area (Å²) in [7, 11) is 0. The van der Waals surface area contributed by atoms with Gasteiger partial charge >= 0.3 is 0 Å². The van der Waals surface area contributed by atoms with Crippen LogP contribution >= 0.6 is 0 Å². The summed E-state index contributed by atoms with van der Waals surface area (Å²) >= 11 is 0. The average Bonchev–Trinajstić information content (AvgIpc) is 2.35. The van der Waals surface area contributed by atoms with Crippen molar-refractivity contribution in [1.29, 1.82) is 0 Å². The largest absolute Gasteiger partial charge is 0.307 e. The lowest BCUT2D eigenvalue weighted by Gasteiger charge is -2.06. The lowest BCUT2D eigenvalue weighted by atomic mass is 10.2. The number of carbonyl (C=O) groups excluding carboxylic acids is 1. The number of nitroso groups, excluding NO2 is 1. The van der Waals surface area contributed by atoms with E-state index in [4.69, 9.17) is 0 Å². The van der Waals surface area contributed by atoms with Crippen molar-refractivity contribution in [3.63, 3.8) is 0 Å². The molecule has 0 heterocycles. The molecule has 0 aromatic heterocycles. The summed E-state index contributed by atoms with van der Waals surface area (Å²) in [5, 5.41) is 5.99. The fourth-order valence-electron chi connectivity index (χ4n) is 0.960. The average molecular weight is 254 g/mol. The van der Waals surface area contributed by atoms with Gasteiger partial charge in [-0.2, -0.15) is 4.91 Å². The van der Waals surface area contributed by atoms with E-state index in [1.54, 1.807) is 26.3 Å². The van der Waals surface area contributed by atoms with Crippen LogP contribution in [0, 0.1) is 4.91 Å². The van der Waals surface area contributed by atoms with Crippen LogP contribution in [-0.4, -0.2) is 49.4 Å². The van der Waals surface area contributed by atoms with Crippen molar-refractivity contribution in [2.45, 2.75) is 45.8 Å². The Kier molecular flexibility index (Phi) is 8.82. The number of carbonyl (C=O) groups is 1. The highest BCUT2D eigenvalue weighted by molar-refractivity contribution is 5.82. The smallest absolute Gasteiger partial charge is 0.153 e. The molecule has 18 heavy (non-hydrogen) atoms. The van der Waals surface area contributed by atoms with E-state index in [1.807, 2.05) is 6.92 Å². The molecule has 3 unspecified atom stereocenters. The van der Waals surface area contributed by atoms with Gasteiger partial charge < -0.3 is 5.32 Å². The lowest BCUT2D eigenvalue weighted by Crippen LogP contribution is -2.21. The minimum absolute atomic E-state index is 0.0528. The Labute approximate surface area is 108 Å². The molecule has 0 amide bonds. The van der Waals surface area contributed by atoms with Crippen molar-refractivity contribution >= 4 is 18.2 Å². The maximum absolute atomic E-state index is 10.9. The summed E-state index contributed by atoms with van der Waals surface area (Å²) in [4.78, 5) is 29.4. The molecule has 102 valence electrons. The zero-order chi connectivity index (χ0) is 14.0. The fraction of sp³-hybridized carbons (Fsp3) is 0.750. The molecule has 1 N–H and O–H groups in total. The van der Waals surface area contributed by atoms with Crippen molar-refractivity contribution in [2.75, 3.05) is 13.1 Å². The molecular formula is C12H22N4O2. The normalized spacial score (nSPS) is 16.9. The summed E-state index contributed by atoms with van der Waals surface area (Å²) in [6.07, 6.45) is 3.40. The predicted octanol–water partition coefficient (Wildman–Crippen LogP) is 1.24. The van der Waals surface area contributed by atoms with E-state index in [-0.39, 0.29) is 23.9 Å². The molecule has 3 atom stereocenters. The third kappa shape index (κ3) is 7.78. The molecule has 0 aromatic carbocycles. The first-order chi connectivity index (χ1) is 8.49. The van der Waals surface area contributed by atoms with Crippen LogP contribution in [0.25, 0.3) is 0 Å². The Morgan fingerprint density at radius 1 is 1.11 bits per heavy atom. The second-order valence-corrected chi connectivity index (χ2v) is 4.19. The van der Waals surface area contributed by atoms with Gasteiger partial charge in [-0.25, -0.2) is 0 Å². The number of nitrogens with one attached hydrogen (secondary N) is 1. The van der Waals surface area contributed by atoms with E-state index in [2.05, 4.69) is 20.5 Å². The van der Waals surface area contributed by atoms with Crippen LogP contribution in [0.1, 0.15) is 27.7 Å². The van der Waals surface area contributed by atoms with Crippen LogP contribution in [0.3, 0.4) is 0 Å². The molecule has 6 heteroatoms. The first kappa shape index (κ1) is 16.6. The Balaban J connectivity index is 3.71. The van der Waals surface area contributed by atoms with E-state index < -0.39 is 0 Å². The standard InChI is InChI=1S/C12H22N4O2/c1-9(10(2)16-18)14-7-5-13-6-8-15-11(3)12(4)17/h7-11,13H,5-6H2,1-4H3. The fourth-order valence-corrected chi connectivity index (χ4v) is 0.960. The topological polar surface area (TPSA) is 83.2 Å². The molecule has 0 saturated heterocycles. The SMILES string of the molecule is CC(=O)C(C)N=CCNCC=NC(C)C(C)N=O. The summed E-state index contributed by atoms with van der Waals surface area (Å²) < 4.78 is 0. The number of rotatable bonds is 9. The summed E-state index contributed by atoms with van der Waals surface area (Å²) in [5.41, 5.74) is 0. The van der Waals surface area contributed by atoms with Gasteiger partial charge in [0.15, 0.2) is 5.78 Å². The highest BCUT2D eigenvalue weighted by atomic mass is 16.3. The zero-order valence-corrected chi connectivity index (χ0v) is 11.5. The highest BCUT2D eigenvalue weighted by Crippen LogP contribution is 2.00. The highest BCUT2D eigenvalue weighted by Gasteiger charge is 2.08. The van der Waals surface area contributed by atoms with E-state index in [0.717, 1.165) is 0 Å². The van der Waals surface area contributed by atoms with Crippen LogP contribution in [0.15, 0.2) is 15.2 Å². The van der Waals surface area contributed by atoms with Crippen molar-refractivity contribution in [1.82, 2.24) is 5.32 Å². The van der Waals surface area contributed by atoms with E-state index in [9.17, 15) is 9.70 Å². The van der Waals surface area contributed by atoms with Crippen molar-refractivity contribution in [3.8, 4) is 0 Å². The molecule has 0 saturated carbocycles. The summed E-state index contributed by atoms with van der Waals surface area (Å²) in [6, 6.07) is -0.685. The molecule has 0 aliphatic heterocycles. The molecule has 0 aromatic rings. The number of hydrogen-bond donors (Lipinski definition) is 1. The number of hydrogen-bond acceptors (Lipinski definition) is 6. The van der Waals surface area contributed by atoms with Gasteiger partial charge in [0.2, 0.25) is 0 Å². The molecule has 0 spiro atoms. The third-order valence-corrected chi connectivity index (χ3v) is 2.59. The van der Waals surface area contributed by atoms with Gasteiger partial charge in [-0.05, 0) is 27.7 Å². The molecule has 0 bridgehead atoms. The van der Waals surface area contributed by atoms with Gasteiger partial charge in [0.05, 0.1) is 6.04 Å². The van der Waals surface area contributed by atoms with Crippen LogP contribution in [0.4, 0.5) is 0 Å². The maximum Gasteiger partial charge on any atom is 0.153 e. The van der Waals surface area contributed by atoms with Gasteiger partial charge in [-0.3, -0.25) is 14.8 Å². The molecular weight excluding hydrogens is 232 g/mol. The molecule has 6 nitrogen and oxygen atoms in total. The van der Waals surface area contributed by atoms with E-state index in [0.29, 0.717) is 13.1 Å². The Morgan fingerprint density at radius 2 is 1.67 bits per heavy atom. The van der Waals surface area contributed by atoms with Crippen LogP contribution in [0.2, 0.25) is 0 Å². The first-order valence-corrected chi connectivity index (χ1v) is 6.06. The number of nitrogens with zero attached hydrogens (tertiary/aromatic N) is 3. The molecule has 0 fully saturated rings. The van der Waals surface area contributed by atoms with Gasteiger partial charge in [0.25, 0.3) is 0 Å². The monoisotopic (exact) mass is 254 g/mol. The number of Topliss-reactive ketones (excluding diaryl/α,β-unsaturated/α-hetero) is 1. The Hall–Kier alpha value is -1.43. The van der Waals surface area contributed by atoms with E-state index >= 15 is 0 Å². The number of aliphatic imine (C=N–C) groups is 2. The van der Waals surface area contributed by atoms with Crippen LogP contribution in [0.5, 0.6) is 0 Å². The zero-order valence-electron chi connectivity index (χ0n) is 11.5. The minimum atomic E-state index is -0.306. The van der Waals surface area contributed by atoms with Crippen LogP contribution < -0.4 is 5.32 Å². The van der Waals surface area contributed by atoms with Gasteiger partial charge in [-0.15, -0.1) is 0 Å².